The van der Waals surface area contributed by atoms with Gasteiger partial charge in [0, 0.05) is 37.4 Å². The lowest BCUT2D eigenvalue weighted by Gasteiger charge is -2.30. The highest BCUT2D eigenvalue weighted by Gasteiger charge is 2.61. The Bertz CT molecular complexity index is 1840. The van der Waals surface area contributed by atoms with Crippen LogP contribution in [-0.2, 0) is 46.5 Å². The van der Waals surface area contributed by atoms with E-state index in [4.69, 9.17) is 9.47 Å². The van der Waals surface area contributed by atoms with E-state index >= 15 is 0 Å². The number of rotatable bonds is 16. The lowest BCUT2D eigenvalue weighted by Crippen LogP contribution is -2.58. The van der Waals surface area contributed by atoms with E-state index in [1.165, 1.54) is 15.9 Å². The summed E-state index contributed by atoms with van der Waals surface area (Å²) in [4.78, 5) is 97.1. The first-order valence-corrected chi connectivity index (χ1v) is 20.5. The molecular weight excluding hydrogens is 753 g/mol. The van der Waals surface area contributed by atoms with E-state index in [-0.39, 0.29) is 68.8 Å². The summed E-state index contributed by atoms with van der Waals surface area (Å²) in [6.45, 7) is 6.09. The van der Waals surface area contributed by atoms with Crippen LogP contribution in [0.2, 0.25) is 0 Å². The van der Waals surface area contributed by atoms with Gasteiger partial charge in [0.05, 0.1) is 13.1 Å². The van der Waals surface area contributed by atoms with Gasteiger partial charge in [-0.15, -0.1) is 0 Å². The molecule has 15 nitrogen and oxygen atoms in total. The summed E-state index contributed by atoms with van der Waals surface area (Å²) in [5, 5.41) is 17.8. The molecule has 0 spiro atoms. The maximum absolute atomic E-state index is 14.5. The van der Waals surface area contributed by atoms with Crippen molar-refractivity contribution >= 4 is 41.5 Å². The number of ketones is 2. The van der Waals surface area contributed by atoms with Gasteiger partial charge in [0.15, 0.2) is 11.6 Å². The molecule has 4 fully saturated rings. The van der Waals surface area contributed by atoms with Crippen LogP contribution in [0.4, 0.5) is 14.0 Å². The molecule has 58 heavy (non-hydrogen) atoms. The molecule has 5 amide bonds. The Morgan fingerprint density at radius 2 is 1.83 bits per heavy atom. The molecule has 316 valence electrons. The standard InChI is InChI=1S/C42H56FN5O10/c1-5-27-18-42(27,38(54)44-19-30(25-12-13-25)35(51)23-49)46-36(52)34-17-29(57-40(56)47-20-26-10-7-11-32(43)31(26)22-47)21-48(34)37(53)33(45-39(55)58-41(2,3)4)15-14-28(50)16-24-8-6-9-24/h7,10-11,16,25,27,29-30,33-34,49H,5-6,8-9,12-15,17-23H2,1-4H3,(H,44,54)(H,45,55)(H,46,52). The van der Waals surface area contributed by atoms with E-state index in [2.05, 4.69) is 16.0 Å². The molecule has 3 saturated carbocycles. The molecule has 3 aliphatic carbocycles. The highest BCUT2D eigenvalue weighted by molar-refractivity contribution is 5.98. The molecule has 16 heteroatoms. The summed E-state index contributed by atoms with van der Waals surface area (Å²) >= 11 is 0. The second-order valence-electron chi connectivity index (χ2n) is 17.4. The summed E-state index contributed by atoms with van der Waals surface area (Å²) < 4.78 is 25.8. The van der Waals surface area contributed by atoms with E-state index in [1.807, 2.05) is 6.92 Å². The van der Waals surface area contributed by atoms with Crippen molar-refractivity contribution in [2.75, 3.05) is 19.7 Å². The molecule has 5 aliphatic rings. The molecule has 4 N–H and O–H groups in total. The topological polar surface area (TPSA) is 201 Å². The van der Waals surface area contributed by atoms with E-state index in [1.54, 1.807) is 39.0 Å². The molecule has 1 aromatic carbocycles. The number of amides is 5. The monoisotopic (exact) mass is 809 g/mol. The number of likely N-dealkylation sites (tertiary alicyclic amines) is 1. The van der Waals surface area contributed by atoms with Gasteiger partial charge < -0.3 is 35.4 Å². The second-order valence-corrected chi connectivity index (χ2v) is 17.4. The number of carbonyl (C=O) groups excluding carboxylic acids is 7. The minimum Gasteiger partial charge on any atom is -0.444 e. The number of hydrogen-bond acceptors (Lipinski definition) is 10. The number of aliphatic hydroxyl groups excluding tert-OH is 1. The maximum Gasteiger partial charge on any atom is 0.410 e. The molecule has 0 radical (unpaired) electrons. The van der Waals surface area contributed by atoms with E-state index in [9.17, 15) is 43.1 Å². The molecule has 0 bridgehead atoms. The van der Waals surface area contributed by atoms with Crippen LogP contribution in [0, 0.1) is 23.6 Å². The average Bonchev–Trinajstić information content (AvgIpc) is 4.03. The van der Waals surface area contributed by atoms with Crippen molar-refractivity contribution in [3.05, 3.63) is 46.8 Å². The predicted molar refractivity (Wildman–Crippen MR) is 206 cm³/mol. The first-order chi connectivity index (χ1) is 27.5. The third kappa shape index (κ3) is 10.0. The highest BCUT2D eigenvalue weighted by Crippen LogP contribution is 2.47. The zero-order valence-corrected chi connectivity index (χ0v) is 33.8. The largest absolute Gasteiger partial charge is 0.444 e. The quantitative estimate of drug-likeness (QED) is 0.179. The maximum atomic E-state index is 14.5. The van der Waals surface area contributed by atoms with Gasteiger partial charge in [0.25, 0.3) is 0 Å². The number of hydrogen-bond donors (Lipinski definition) is 4. The Labute approximate surface area is 337 Å². The molecule has 6 rings (SSSR count). The molecule has 2 aliphatic heterocycles. The summed E-state index contributed by atoms with van der Waals surface area (Å²) in [7, 11) is 0. The molecule has 2 heterocycles. The number of carbonyl (C=O) groups is 7. The van der Waals surface area contributed by atoms with Crippen LogP contribution in [0.15, 0.2) is 29.8 Å². The van der Waals surface area contributed by atoms with Gasteiger partial charge in [-0.1, -0.05) is 31.1 Å². The van der Waals surface area contributed by atoms with Crippen LogP contribution < -0.4 is 16.0 Å². The van der Waals surface area contributed by atoms with Crippen molar-refractivity contribution in [2.24, 2.45) is 17.8 Å². The minimum absolute atomic E-state index is 0.0146. The van der Waals surface area contributed by atoms with Crippen LogP contribution in [0.1, 0.15) is 103 Å². The molecule has 1 aromatic rings. The SMILES string of the molecule is CCC1CC1(NC(=O)C1CC(OC(=O)N2Cc3cccc(F)c3C2)CN1C(=O)C(CCC(=O)C=C1CCC1)NC(=O)OC(C)(C)C)C(=O)NCC(C(=O)CO)C1CC1. The summed E-state index contributed by atoms with van der Waals surface area (Å²) in [5.41, 5.74) is -0.203. The minimum atomic E-state index is -1.33. The van der Waals surface area contributed by atoms with Crippen LogP contribution >= 0.6 is 0 Å². The number of fused-ring (bicyclic) bond motifs is 1. The number of nitrogens with zero attached hydrogens (tertiary/aromatic N) is 2. The van der Waals surface area contributed by atoms with Gasteiger partial charge >= 0.3 is 12.2 Å². The third-order valence-electron chi connectivity index (χ3n) is 11.9. The number of alkyl carbamates (subject to hydrolysis) is 1. The lowest BCUT2D eigenvalue weighted by atomic mass is 9.91. The van der Waals surface area contributed by atoms with Gasteiger partial charge in [-0.3, -0.25) is 28.9 Å². The highest BCUT2D eigenvalue weighted by atomic mass is 19.1. The number of allylic oxidation sites excluding steroid dienone is 2. The fourth-order valence-electron chi connectivity index (χ4n) is 8.25. The van der Waals surface area contributed by atoms with Crippen molar-refractivity contribution in [2.45, 2.75) is 134 Å². The summed E-state index contributed by atoms with van der Waals surface area (Å²) in [6.07, 6.45) is 3.73. The van der Waals surface area contributed by atoms with Gasteiger partial charge in [-0.25, -0.2) is 14.0 Å². The van der Waals surface area contributed by atoms with Crippen LogP contribution in [0.5, 0.6) is 0 Å². The number of benzene rings is 1. The smallest absolute Gasteiger partial charge is 0.410 e. The Hall–Kier alpha value is -4.86. The Balaban J connectivity index is 1.21. The van der Waals surface area contributed by atoms with E-state index in [0.717, 1.165) is 37.7 Å². The fraction of sp³-hybridized carbons (Fsp3) is 0.643. The zero-order valence-electron chi connectivity index (χ0n) is 33.8. The van der Waals surface area contributed by atoms with Crippen molar-refractivity contribution in [1.29, 1.82) is 0 Å². The third-order valence-corrected chi connectivity index (χ3v) is 11.9. The number of Topliss-reactive ketones (excluding diaryl/α,β-unsaturated/α-hetero) is 1. The van der Waals surface area contributed by atoms with E-state index < -0.39 is 77.6 Å². The molecule has 0 aromatic heterocycles. The van der Waals surface area contributed by atoms with Crippen LogP contribution in [0.25, 0.3) is 0 Å². The summed E-state index contributed by atoms with van der Waals surface area (Å²) in [5.74, 6) is -3.58. The lowest BCUT2D eigenvalue weighted by molar-refractivity contribution is -0.141. The molecule has 6 atom stereocenters. The molecule has 6 unspecified atom stereocenters. The van der Waals surface area contributed by atoms with Gasteiger partial charge in [0.2, 0.25) is 17.7 Å². The van der Waals surface area contributed by atoms with Gasteiger partial charge in [-0.2, -0.15) is 0 Å². The first-order valence-electron chi connectivity index (χ1n) is 20.5. The second kappa shape index (κ2) is 17.6. The normalized spacial score (nSPS) is 24.4. The number of ether oxygens (including phenoxy) is 2. The van der Waals surface area contributed by atoms with Crippen molar-refractivity contribution < 1.29 is 52.5 Å². The number of nitrogens with one attached hydrogen (secondary N) is 3. The van der Waals surface area contributed by atoms with Crippen molar-refractivity contribution in [3.8, 4) is 0 Å². The Kier molecular flexibility index (Phi) is 12.9. The number of halogens is 1. The first kappa shape index (κ1) is 42.7. The number of aliphatic hydroxyl groups is 1. The van der Waals surface area contributed by atoms with Gasteiger partial charge in [-0.05, 0) is 95.3 Å². The Morgan fingerprint density at radius 1 is 1.09 bits per heavy atom. The van der Waals surface area contributed by atoms with Gasteiger partial charge in [0.1, 0.15) is 41.8 Å². The van der Waals surface area contributed by atoms with Crippen LogP contribution in [-0.4, -0.2) is 105 Å². The molecule has 1 saturated heterocycles. The van der Waals surface area contributed by atoms with E-state index in [0.29, 0.717) is 24.0 Å². The van der Waals surface area contributed by atoms with Crippen molar-refractivity contribution in [3.63, 3.8) is 0 Å². The van der Waals surface area contributed by atoms with Crippen LogP contribution in [0.3, 0.4) is 0 Å². The predicted octanol–water partition coefficient (Wildman–Crippen LogP) is 3.59. The summed E-state index contributed by atoms with van der Waals surface area (Å²) in [6, 6.07) is 2.03. The zero-order chi connectivity index (χ0) is 41.9. The average molecular weight is 810 g/mol. The fourth-order valence-corrected chi connectivity index (χ4v) is 8.25. The molecular formula is C42H56FN5O10. The van der Waals surface area contributed by atoms with Crippen molar-refractivity contribution in [1.82, 2.24) is 25.8 Å². The Morgan fingerprint density at radius 3 is 2.43 bits per heavy atom.